The minimum Gasteiger partial charge on any atom is -0.390 e. The lowest BCUT2D eigenvalue weighted by Gasteiger charge is -2.61. The van der Waals surface area contributed by atoms with E-state index in [0.29, 0.717) is 12.8 Å². The monoisotopic (exact) mass is 520 g/mol. The number of allylic oxidation sites excluding steroid dienone is 1. The van der Waals surface area contributed by atoms with Crippen LogP contribution in [-0.2, 0) is 14.3 Å². The van der Waals surface area contributed by atoms with Crippen LogP contribution < -0.4 is 0 Å². The second-order valence-corrected chi connectivity index (χ2v) is 14.8. The maximum atomic E-state index is 13.5. The molecule has 0 spiro atoms. The molecule has 0 amide bonds. The van der Waals surface area contributed by atoms with Crippen LogP contribution in [0.1, 0.15) is 99.8 Å². The zero-order valence-electron chi connectivity index (χ0n) is 23.7. The predicted octanol–water partition coefficient (Wildman–Crippen LogP) is 3.65. The third-order valence-electron chi connectivity index (χ3n) is 11.4. The smallest absolute Gasteiger partial charge is 0.187 e. The normalized spacial score (nSPS) is 51.3. The topological polar surface area (TPSA) is 116 Å². The molecule has 4 fully saturated rings. The summed E-state index contributed by atoms with van der Waals surface area (Å²) in [4.78, 5) is 13.5. The molecule has 4 N–H and O–H groups in total. The van der Waals surface area contributed by atoms with Gasteiger partial charge in [-0.2, -0.15) is 0 Å². The van der Waals surface area contributed by atoms with E-state index in [9.17, 15) is 25.2 Å². The van der Waals surface area contributed by atoms with E-state index in [0.717, 1.165) is 31.3 Å². The van der Waals surface area contributed by atoms with Gasteiger partial charge in [-0.15, -0.1) is 0 Å². The highest BCUT2D eigenvalue weighted by atomic mass is 16.8. The van der Waals surface area contributed by atoms with Gasteiger partial charge in [-0.3, -0.25) is 4.79 Å². The number of fused-ring (bicyclic) bond motifs is 5. The first-order chi connectivity index (χ1) is 16.9. The molecular formula is C30H48O7. The van der Waals surface area contributed by atoms with Gasteiger partial charge in [-0.05, 0) is 109 Å². The van der Waals surface area contributed by atoms with E-state index in [1.54, 1.807) is 6.08 Å². The lowest BCUT2D eigenvalue weighted by atomic mass is 9.45. The SMILES string of the molecule is CC(C)(O)CC[C@H]1OC(C)(C)O[C@]1(C)[C@H]1CC[C@H]2C3=CC(=O)[C@]4(O)C[C@@H](O)[C@@H](O)C[C@]4(C)[C@H]3CC[C@@]21C. The number of aliphatic hydroxyl groups excluding tert-OH is 2. The predicted molar refractivity (Wildman–Crippen MR) is 138 cm³/mol. The molecule has 3 saturated carbocycles. The van der Waals surface area contributed by atoms with E-state index in [1.807, 2.05) is 34.6 Å². The summed E-state index contributed by atoms with van der Waals surface area (Å²) in [7, 11) is 0. The molecule has 0 aromatic rings. The Kier molecular flexibility index (Phi) is 6.25. The zero-order valence-corrected chi connectivity index (χ0v) is 23.7. The van der Waals surface area contributed by atoms with Crippen LogP contribution in [0.3, 0.4) is 0 Å². The van der Waals surface area contributed by atoms with Crippen molar-refractivity contribution in [1.29, 1.82) is 0 Å². The van der Waals surface area contributed by atoms with Crippen molar-refractivity contribution in [3.05, 3.63) is 11.6 Å². The Morgan fingerprint density at radius 1 is 1.00 bits per heavy atom. The fourth-order valence-corrected chi connectivity index (χ4v) is 9.52. The molecule has 1 saturated heterocycles. The molecule has 7 nitrogen and oxygen atoms in total. The van der Waals surface area contributed by atoms with Crippen molar-refractivity contribution >= 4 is 5.78 Å². The average molecular weight is 521 g/mol. The van der Waals surface area contributed by atoms with E-state index in [4.69, 9.17) is 9.47 Å². The first-order valence-electron chi connectivity index (χ1n) is 14.3. The largest absolute Gasteiger partial charge is 0.390 e. The maximum absolute atomic E-state index is 13.5. The number of hydrogen-bond acceptors (Lipinski definition) is 7. The van der Waals surface area contributed by atoms with Gasteiger partial charge in [0.05, 0.1) is 29.5 Å². The van der Waals surface area contributed by atoms with Crippen molar-refractivity contribution in [2.45, 2.75) is 141 Å². The minimum atomic E-state index is -1.65. The zero-order chi connectivity index (χ0) is 27.4. The maximum Gasteiger partial charge on any atom is 0.187 e. The Hall–Kier alpha value is -0.830. The number of ether oxygens (including phenoxy) is 2. The molecule has 0 unspecified atom stereocenters. The first-order valence-corrected chi connectivity index (χ1v) is 14.3. The van der Waals surface area contributed by atoms with Gasteiger partial charge in [0.2, 0.25) is 0 Å². The van der Waals surface area contributed by atoms with E-state index < -0.39 is 40.2 Å². The van der Waals surface area contributed by atoms with Gasteiger partial charge in [-0.25, -0.2) is 0 Å². The number of carbonyl (C=O) groups is 1. The van der Waals surface area contributed by atoms with E-state index in [2.05, 4.69) is 13.8 Å². The molecule has 0 aromatic heterocycles. The molecule has 5 rings (SSSR count). The molecule has 0 bridgehead atoms. The molecule has 0 radical (unpaired) electrons. The van der Waals surface area contributed by atoms with Gasteiger partial charge >= 0.3 is 0 Å². The summed E-state index contributed by atoms with van der Waals surface area (Å²) < 4.78 is 13.2. The lowest BCUT2D eigenvalue weighted by Crippen LogP contribution is -2.66. The third kappa shape index (κ3) is 4.02. The molecule has 210 valence electrons. The van der Waals surface area contributed by atoms with Crippen LogP contribution in [0.4, 0.5) is 0 Å². The fourth-order valence-electron chi connectivity index (χ4n) is 9.52. The summed E-state index contributed by atoms with van der Waals surface area (Å²) in [6, 6.07) is 0. The summed E-state index contributed by atoms with van der Waals surface area (Å²) in [5.74, 6) is -0.651. The van der Waals surface area contributed by atoms with E-state index >= 15 is 0 Å². The average Bonchev–Trinajstić information content (AvgIpc) is 3.23. The van der Waals surface area contributed by atoms with Crippen molar-refractivity contribution in [2.24, 2.45) is 28.6 Å². The summed E-state index contributed by atoms with van der Waals surface area (Å²) in [5.41, 5.74) is -2.75. The van der Waals surface area contributed by atoms with Gasteiger partial charge in [0.1, 0.15) is 5.60 Å². The number of hydrogen-bond donors (Lipinski definition) is 4. The molecule has 1 heterocycles. The molecule has 1 aliphatic heterocycles. The van der Waals surface area contributed by atoms with Gasteiger partial charge < -0.3 is 29.9 Å². The molecule has 10 atom stereocenters. The van der Waals surface area contributed by atoms with Crippen molar-refractivity contribution in [3.63, 3.8) is 0 Å². The molecule has 4 aliphatic carbocycles. The van der Waals surface area contributed by atoms with Gasteiger partial charge in [0.15, 0.2) is 11.6 Å². The summed E-state index contributed by atoms with van der Waals surface area (Å²) in [6.07, 6.45) is 4.58. The Morgan fingerprint density at radius 2 is 1.65 bits per heavy atom. The second-order valence-electron chi connectivity index (χ2n) is 14.8. The van der Waals surface area contributed by atoms with Crippen LogP contribution in [0.2, 0.25) is 0 Å². The van der Waals surface area contributed by atoms with Gasteiger partial charge in [-0.1, -0.05) is 19.4 Å². The highest BCUT2D eigenvalue weighted by Gasteiger charge is 2.69. The van der Waals surface area contributed by atoms with Crippen LogP contribution in [0, 0.1) is 28.6 Å². The van der Waals surface area contributed by atoms with Crippen molar-refractivity contribution in [2.75, 3.05) is 0 Å². The first kappa shape index (κ1) is 27.7. The van der Waals surface area contributed by atoms with Crippen LogP contribution in [0.5, 0.6) is 0 Å². The Bertz CT molecular complexity index is 983. The van der Waals surface area contributed by atoms with Crippen LogP contribution >= 0.6 is 0 Å². The quantitative estimate of drug-likeness (QED) is 0.447. The number of aliphatic hydroxyl groups is 4. The summed E-state index contributed by atoms with van der Waals surface area (Å²) >= 11 is 0. The van der Waals surface area contributed by atoms with Gasteiger partial charge in [0, 0.05) is 11.8 Å². The van der Waals surface area contributed by atoms with Crippen molar-refractivity contribution < 1.29 is 34.7 Å². The number of rotatable bonds is 4. The molecule has 37 heavy (non-hydrogen) atoms. The highest BCUT2D eigenvalue weighted by molar-refractivity contribution is 5.99. The standard InChI is InChI=1S/C30H48O7/c1-25(2,34)12-11-24-29(7,37-26(3,4)36-24)22-9-8-18-17-14-23(33)30(35)16-21(32)20(31)15-28(30,6)19(17)10-13-27(18,22)5/h14,18-22,24,31-32,34-35H,8-13,15-16H2,1-7H3/t18-,19-,20-,21+,22-,24+,27-,28+,29+,30+/m0/s1. The van der Waals surface area contributed by atoms with E-state index in [-0.39, 0.29) is 47.9 Å². The van der Waals surface area contributed by atoms with Crippen molar-refractivity contribution in [3.8, 4) is 0 Å². The fraction of sp³-hybridized carbons (Fsp3) is 0.900. The third-order valence-corrected chi connectivity index (χ3v) is 11.4. The summed E-state index contributed by atoms with van der Waals surface area (Å²) in [5, 5.41) is 42.9. The van der Waals surface area contributed by atoms with Crippen LogP contribution in [0.25, 0.3) is 0 Å². The van der Waals surface area contributed by atoms with Crippen LogP contribution in [0.15, 0.2) is 11.6 Å². The molecule has 0 aromatic carbocycles. The van der Waals surface area contributed by atoms with E-state index in [1.165, 1.54) is 0 Å². The highest BCUT2D eigenvalue weighted by Crippen LogP contribution is 2.68. The Labute approximate surface area is 221 Å². The number of carbonyl (C=O) groups excluding carboxylic acids is 1. The van der Waals surface area contributed by atoms with Crippen LogP contribution in [-0.4, -0.2) is 67.1 Å². The summed E-state index contributed by atoms with van der Waals surface area (Å²) in [6.45, 7) is 14.1. The Morgan fingerprint density at radius 3 is 2.30 bits per heavy atom. The molecule has 5 aliphatic rings. The molecular weight excluding hydrogens is 472 g/mol. The Balaban J connectivity index is 1.48. The van der Waals surface area contributed by atoms with Gasteiger partial charge in [0.25, 0.3) is 0 Å². The minimum absolute atomic E-state index is 0.00912. The number of ketones is 1. The second kappa shape index (κ2) is 8.34. The lowest BCUT2D eigenvalue weighted by molar-refractivity contribution is -0.202. The molecule has 7 heteroatoms. The van der Waals surface area contributed by atoms with Crippen molar-refractivity contribution in [1.82, 2.24) is 0 Å².